The lowest BCUT2D eigenvalue weighted by Gasteiger charge is -2.29. The Balaban J connectivity index is 1.85. The highest BCUT2D eigenvalue weighted by Gasteiger charge is 2.52. The monoisotopic (exact) mass is 361 g/mol. The lowest BCUT2D eigenvalue weighted by atomic mass is 10.0. The van der Waals surface area contributed by atoms with E-state index in [0.717, 1.165) is 0 Å². The van der Waals surface area contributed by atoms with Gasteiger partial charge in [0, 0.05) is 0 Å². The topological polar surface area (TPSA) is 87.0 Å². The number of nitriles is 1. The summed E-state index contributed by atoms with van der Waals surface area (Å²) in [5.41, 5.74) is 0.405. The minimum Gasteiger partial charge on any atom is -0.453 e. The molecule has 0 aliphatic carbocycles. The third-order valence-electron chi connectivity index (χ3n) is 4.23. The van der Waals surface area contributed by atoms with Crippen molar-refractivity contribution in [1.29, 1.82) is 5.26 Å². The molecule has 0 aromatic heterocycles. The van der Waals surface area contributed by atoms with E-state index in [1.165, 1.54) is 0 Å². The third kappa shape index (κ3) is 4.05. The highest BCUT2D eigenvalue weighted by Crippen LogP contribution is 2.35. The van der Waals surface area contributed by atoms with Crippen LogP contribution < -0.4 is 0 Å². The van der Waals surface area contributed by atoms with Crippen LogP contribution in [0.2, 0.25) is 0 Å². The molecule has 7 heteroatoms. The van der Waals surface area contributed by atoms with Crippen LogP contribution in [0, 0.1) is 11.3 Å². The van der Waals surface area contributed by atoms with E-state index in [9.17, 15) is 10.1 Å². The molecule has 0 bridgehead atoms. The van der Waals surface area contributed by atoms with Gasteiger partial charge in [-0.2, -0.15) is 5.26 Å². The van der Waals surface area contributed by atoms with Gasteiger partial charge in [0.2, 0.25) is 0 Å². The summed E-state index contributed by atoms with van der Waals surface area (Å²) in [4.78, 5) is 12.6. The Labute approximate surface area is 152 Å². The molecule has 2 heterocycles. The summed E-state index contributed by atoms with van der Waals surface area (Å²) in [7, 11) is 0. The van der Waals surface area contributed by atoms with Crippen LogP contribution in [0.15, 0.2) is 30.3 Å². The van der Waals surface area contributed by atoms with E-state index < -0.39 is 42.0 Å². The predicted octanol–water partition coefficient (Wildman–Crippen LogP) is 2.41. The first-order valence-corrected chi connectivity index (χ1v) is 8.54. The zero-order valence-electron chi connectivity index (χ0n) is 15.3. The predicted molar refractivity (Wildman–Crippen MR) is 90.0 cm³/mol. The van der Waals surface area contributed by atoms with E-state index in [-0.39, 0.29) is 6.61 Å². The van der Waals surface area contributed by atoms with Crippen LogP contribution in [0.5, 0.6) is 0 Å². The Bertz CT molecular complexity index is 696. The molecular formula is C19H23NO6. The van der Waals surface area contributed by atoms with Crippen molar-refractivity contribution in [3.63, 3.8) is 0 Å². The number of ether oxygens (including phenoxy) is 5. The quantitative estimate of drug-likeness (QED) is 0.761. The van der Waals surface area contributed by atoms with Gasteiger partial charge in [0.05, 0.1) is 18.2 Å². The van der Waals surface area contributed by atoms with Crippen molar-refractivity contribution in [3.8, 4) is 6.07 Å². The van der Waals surface area contributed by atoms with Gasteiger partial charge >= 0.3 is 5.97 Å². The Kier molecular flexibility index (Phi) is 5.04. The molecule has 0 amide bonds. The van der Waals surface area contributed by atoms with Crippen LogP contribution in [0.3, 0.4) is 0 Å². The number of esters is 1. The minimum atomic E-state index is -0.961. The molecule has 140 valence electrons. The number of carbonyl (C=O) groups excluding carboxylic acids is 1. The highest BCUT2D eigenvalue weighted by atomic mass is 16.8. The smallest absolute Gasteiger partial charge is 0.338 e. The molecule has 2 fully saturated rings. The fourth-order valence-corrected chi connectivity index (χ4v) is 3.13. The van der Waals surface area contributed by atoms with E-state index in [4.69, 9.17) is 23.7 Å². The van der Waals surface area contributed by atoms with Gasteiger partial charge in [0.25, 0.3) is 0 Å². The average molecular weight is 361 g/mol. The highest BCUT2D eigenvalue weighted by molar-refractivity contribution is 5.89. The molecule has 0 saturated carbocycles. The lowest BCUT2D eigenvalue weighted by Crippen LogP contribution is -2.47. The first-order valence-electron chi connectivity index (χ1n) is 8.54. The fourth-order valence-electron chi connectivity index (χ4n) is 3.13. The van der Waals surface area contributed by atoms with Crippen molar-refractivity contribution in [1.82, 2.24) is 0 Å². The summed E-state index contributed by atoms with van der Waals surface area (Å²) in [5, 5.41) is 9.45. The van der Waals surface area contributed by atoms with Crippen molar-refractivity contribution in [2.75, 3.05) is 6.61 Å². The molecule has 1 aromatic carbocycles. The van der Waals surface area contributed by atoms with Gasteiger partial charge in [0.1, 0.15) is 12.2 Å². The van der Waals surface area contributed by atoms with Crippen LogP contribution >= 0.6 is 0 Å². The maximum Gasteiger partial charge on any atom is 0.338 e. The maximum absolute atomic E-state index is 12.6. The number of rotatable bonds is 4. The van der Waals surface area contributed by atoms with Gasteiger partial charge < -0.3 is 23.7 Å². The zero-order chi connectivity index (χ0) is 18.9. The van der Waals surface area contributed by atoms with Crippen molar-refractivity contribution >= 4 is 5.97 Å². The summed E-state index contributed by atoms with van der Waals surface area (Å²) in [6.07, 6.45) is -3.09. The number of nitrogens with zero attached hydrogens (tertiary/aromatic N) is 1. The first kappa shape index (κ1) is 18.8. The molecular weight excluding hydrogens is 338 g/mol. The van der Waals surface area contributed by atoms with Crippen LogP contribution in [-0.4, -0.2) is 48.6 Å². The van der Waals surface area contributed by atoms with Gasteiger partial charge in [-0.1, -0.05) is 18.2 Å². The molecule has 3 rings (SSSR count). The van der Waals surface area contributed by atoms with Crippen LogP contribution in [0.4, 0.5) is 0 Å². The molecule has 0 radical (unpaired) electrons. The number of carbonyl (C=O) groups is 1. The molecule has 4 unspecified atom stereocenters. The fraction of sp³-hybridized carbons (Fsp3) is 0.579. The second-order valence-corrected chi connectivity index (χ2v) is 7.25. The number of hydrogen-bond acceptors (Lipinski definition) is 7. The van der Waals surface area contributed by atoms with E-state index >= 15 is 0 Å². The van der Waals surface area contributed by atoms with Gasteiger partial charge in [-0.25, -0.2) is 4.79 Å². The molecule has 2 saturated heterocycles. The lowest BCUT2D eigenvalue weighted by molar-refractivity contribution is -0.179. The summed E-state index contributed by atoms with van der Waals surface area (Å²) in [6.45, 7) is 7.20. The molecule has 2 aliphatic rings. The summed E-state index contributed by atoms with van der Waals surface area (Å²) < 4.78 is 28.7. The molecule has 7 nitrogen and oxygen atoms in total. The Morgan fingerprint density at radius 1 is 1.15 bits per heavy atom. The van der Waals surface area contributed by atoms with Crippen molar-refractivity contribution in [2.45, 2.75) is 63.7 Å². The summed E-state index contributed by atoms with van der Waals surface area (Å²) in [5.74, 6) is -2.29. The van der Waals surface area contributed by atoms with Gasteiger partial charge in [-0.05, 0) is 39.8 Å². The molecule has 2 aliphatic heterocycles. The molecule has 4 atom stereocenters. The third-order valence-corrected chi connectivity index (χ3v) is 4.23. The van der Waals surface area contributed by atoms with Crippen molar-refractivity contribution in [2.24, 2.45) is 0 Å². The van der Waals surface area contributed by atoms with Crippen LogP contribution in [0.1, 0.15) is 38.1 Å². The second kappa shape index (κ2) is 6.97. The maximum atomic E-state index is 12.6. The Morgan fingerprint density at radius 2 is 1.85 bits per heavy atom. The second-order valence-electron chi connectivity index (χ2n) is 7.25. The molecule has 0 N–H and O–H groups in total. The van der Waals surface area contributed by atoms with E-state index in [2.05, 4.69) is 6.07 Å². The van der Waals surface area contributed by atoms with Gasteiger partial charge in [0.15, 0.2) is 23.8 Å². The van der Waals surface area contributed by atoms with Crippen LogP contribution in [0.25, 0.3) is 0 Å². The van der Waals surface area contributed by atoms with Gasteiger partial charge in [-0.3, -0.25) is 0 Å². The van der Waals surface area contributed by atoms with Crippen molar-refractivity contribution < 1.29 is 28.5 Å². The van der Waals surface area contributed by atoms with E-state index in [1.807, 2.05) is 6.07 Å². The average Bonchev–Trinajstić information content (AvgIpc) is 3.11. The largest absolute Gasteiger partial charge is 0.453 e. The Morgan fingerprint density at radius 3 is 2.42 bits per heavy atom. The summed E-state index contributed by atoms with van der Waals surface area (Å²) >= 11 is 0. The minimum absolute atomic E-state index is 0.220. The SMILES string of the molecule is CC1(C)OCC(C(OC(=O)c2ccccc2)C2OC(C)(C)OC2C#N)O1. The standard InChI is InChI=1S/C19H23NO6/c1-18(2)22-11-14(25-18)15(16-13(10-20)24-19(3,4)26-16)23-17(21)12-8-6-5-7-9-12/h5-9,13-16H,11H2,1-4H3. The van der Waals surface area contributed by atoms with E-state index in [1.54, 1.807) is 52.0 Å². The molecule has 1 aromatic rings. The number of hydrogen-bond donors (Lipinski definition) is 0. The van der Waals surface area contributed by atoms with Crippen molar-refractivity contribution in [3.05, 3.63) is 35.9 Å². The van der Waals surface area contributed by atoms with E-state index in [0.29, 0.717) is 5.56 Å². The molecule has 0 spiro atoms. The first-order chi connectivity index (χ1) is 12.2. The number of benzene rings is 1. The summed E-state index contributed by atoms with van der Waals surface area (Å²) in [6, 6.07) is 10.7. The zero-order valence-corrected chi connectivity index (χ0v) is 15.3. The Hall–Kier alpha value is -1.98. The van der Waals surface area contributed by atoms with Crippen LogP contribution in [-0.2, 0) is 23.7 Å². The normalized spacial score (nSPS) is 30.5. The van der Waals surface area contributed by atoms with Gasteiger partial charge in [-0.15, -0.1) is 0 Å². The molecule has 26 heavy (non-hydrogen) atoms.